The fourth-order valence-electron chi connectivity index (χ4n) is 3.56. The molecule has 1 aliphatic rings. The summed E-state index contributed by atoms with van der Waals surface area (Å²) in [4.78, 5) is 17.0. The molecule has 0 bridgehead atoms. The summed E-state index contributed by atoms with van der Waals surface area (Å²) in [6.07, 6.45) is 1.93. The second-order valence-electron chi connectivity index (χ2n) is 7.98. The maximum Gasteiger partial charge on any atom is 0.251 e. The molecule has 5 nitrogen and oxygen atoms in total. The molecule has 1 fully saturated rings. The fourth-order valence-corrected chi connectivity index (χ4v) is 3.86. The van der Waals surface area contributed by atoms with Crippen LogP contribution in [0.15, 0.2) is 42.5 Å². The average Bonchev–Trinajstić information content (AvgIpc) is 3.14. The van der Waals surface area contributed by atoms with Crippen LogP contribution in [0.4, 0.5) is 0 Å². The molecule has 162 valence electrons. The molecule has 1 amide bonds. The number of ether oxygens (including phenoxy) is 1. The van der Waals surface area contributed by atoms with E-state index in [9.17, 15) is 4.79 Å². The number of carbonyl (C=O) groups is 1. The molecule has 3 rings (SSSR count). The Kier molecular flexibility index (Phi) is 8.40. The zero-order valence-corrected chi connectivity index (χ0v) is 19.0. The summed E-state index contributed by atoms with van der Waals surface area (Å²) in [5.74, 6) is 0.795. The summed E-state index contributed by atoms with van der Waals surface area (Å²) in [5, 5.41) is 3.94. The zero-order valence-electron chi connectivity index (χ0n) is 17.5. The first-order valence-corrected chi connectivity index (χ1v) is 11.0. The van der Waals surface area contributed by atoms with Crippen molar-refractivity contribution >= 4 is 29.1 Å². The van der Waals surface area contributed by atoms with Gasteiger partial charge in [-0.15, -0.1) is 0 Å². The lowest BCUT2D eigenvalue weighted by Gasteiger charge is -2.17. The van der Waals surface area contributed by atoms with Gasteiger partial charge in [-0.3, -0.25) is 9.69 Å². The predicted octanol–water partition coefficient (Wildman–Crippen LogP) is 4.33. The predicted molar refractivity (Wildman–Crippen MR) is 123 cm³/mol. The molecule has 1 aliphatic heterocycles. The van der Waals surface area contributed by atoms with Crippen LogP contribution in [0.2, 0.25) is 10.0 Å². The SMILES string of the molecule is CN(C)CCCOc1cccc(CN2CC[C@H](NC(=O)c3ccc(Cl)c(Cl)c3)C2)c1. The van der Waals surface area contributed by atoms with Gasteiger partial charge in [-0.2, -0.15) is 0 Å². The third kappa shape index (κ3) is 6.88. The first-order valence-electron chi connectivity index (χ1n) is 10.3. The molecule has 0 radical (unpaired) electrons. The highest BCUT2D eigenvalue weighted by molar-refractivity contribution is 6.42. The van der Waals surface area contributed by atoms with Gasteiger partial charge in [0.25, 0.3) is 5.91 Å². The van der Waals surface area contributed by atoms with Gasteiger partial charge in [0.05, 0.1) is 16.7 Å². The summed E-state index contributed by atoms with van der Waals surface area (Å²) in [7, 11) is 4.13. The second-order valence-corrected chi connectivity index (χ2v) is 8.79. The number of rotatable bonds is 9. The maximum absolute atomic E-state index is 12.5. The Hall–Kier alpha value is -1.79. The highest BCUT2D eigenvalue weighted by Crippen LogP contribution is 2.23. The lowest BCUT2D eigenvalue weighted by atomic mass is 10.2. The van der Waals surface area contributed by atoms with Crippen LogP contribution in [-0.4, -0.2) is 62.1 Å². The molecule has 1 heterocycles. The zero-order chi connectivity index (χ0) is 21.5. The summed E-state index contributed by atoms with van der Waals surface area (Å²) < 4.78 is 5.88. The summed E-state index contributed by atoms with van der Waals surface area (Å²) in [5.41, 5.74) is 1.75. The van der Waals surface area contributed by atoms with Gasteiger partial charge >= 0.3 is 0 Å². The standard InChI is InChI=1S/C23H29Cl2N3O2/c1-27(2)10-4-12-30-20-6-3-5-17(13-20)15-28-11-9-19(16-28)26-23(29)18-7-8-21(24)22(25)14-18/h3,5-8,13-14,19H,4,9-12,15-16H2,1-2H3,(H,26,29)/t19-/m0/s1. The maximum atomic E-state index is 12.5. The summed E-state index contributed by atoms with van der Waals surface area (Å²) in [6, 6.07) is 13.3. The van der Waals surface area contributed by atoms with Crippen molar-refractivity contribution in [2.75, 3.05) is 40.3 Å². The molecule has 2 aromatic rings. The molecule has 2 aromatic carbocycles. The van der Waals surface area contributed by atoms with E-state index in [4.69, 9.17) is 27.9 Å². The van der Waals surface area contributed by atoms with E-state index in [0.717, 1.165) is 44.8 Å². The number of halogens is 2. The fraction of sp³-hybridized carbons (Fsp3) is 0.435. The topological polar surface area (TPSA) is 44.8 Å². The van der Waals surface area contributed by atoms with Crippen LogP contribution in [0.5, 0.6) is 5.75 Å². The number of benzene rings is 2. The van der Waals surface area contributed by atoms with Crippen molar-refractivity contribution < 1.29 is 9.53 Å². The Morgan fingerprint density at radius 3 is 2.80 bits per heavy atom. The largest absolute Gasteiger partial charge is 0.494 e. The molecule has 0 spiro atoms. The molecule has 7 heteroatoms. The first-order chi connectivity index (χ1) is 14.4. The van der Waals surface area contributed by atoms with Crippen molar-refractivity contribution in [2.24, 2.45) is 0 Å². The Balaban J connectivity index is 1.47. The Bertz CT molecular complexity index is 860. The number of nitrogens with zero attached hydrogens (tertiary/aromatic N) is 2. The highest BCUT2D eigenvalue weighted by Gasteiger charge is 2.24. The Morgan fingerprint density at radius 1 is 1.20 bits per heavy atom. The Labute approximate surface area is 188 Å². The van der Waals surface area contributed by atoms with Crippen molar-refractivity contribution in [2.45, 2.75) is 25.4 Å². The van der Waals surface area contributed by atoms with Gasteiger partial charge < -0.3 is 15.0 Å². The van der Waals surface area contributed by atoms with Crippen molar-refractivity contribution in [3.63, 3.8) is 0 Å². The summed E-state index contributed by atoms with van der Waals surface area (Å²) >= 11 is 12.0. The van der Waals surface area contributed by atoms with Crippen LogP contribution in [-0.2, 0) is 6.54 Å². The van der Waals surface area contributed by atoms with Crippen LogP contribution in [0.1, 0.15) is 28.8 Å². The first kappa shape index (κ1) is 22.9. The van der Waals surface area contributed by atoms with Crippen molar-refractivity contribution in [3.05, 3.63) is 63.6 Å². The van der Waals surface area contributed by atoms with Gasteiger partial charge in [0.15, 0.2) is 0 Å². The molecular weight excluding hydrogens is 421 g/mol. The number of hydrogen-bond acceptors (Lipinski definition) is 4. The Morgan fingerprint density at radius 2 is 2.03 bits per heavy atom. The van der Waals surface area contributed by atoms with E-state index < -0.39 is 0 Å². The summed E-state index contributed by atoms with van der Waals surface area (Å²) in [6.45, 7) is 4.34. The van der Waals surface area contributed by atoms with E-state index in [1.807, 2.05) is 12.1 Å². The van der Waals surface area contributed by atoms with E-state index in [1.54, 1.807) is 18.2 Å². The van der Waals surface area contributed by atoms with Gasteiger partial charge in [-0.25, -0.2) is 0 Å². The lowest BCUT2D eigenvalue weighted by Crippen LogP contribution is -2.37. The molecule has 30 heavy (non-hydrogen) atoms. The average molecular weight is 450 g/mol. The number of hydrogen-bond donors (Lipinski definition) is 1. The minimum absolute atomic E-state index is 0.117. The second kappa shape index (κ2) is 11.0. The van der Waals surface area contributed by atoms with E-state index in [0.29, 0.717) is 22.2 Å². The van der Waals surface area contributed by atoms with Crippen LogP contribution >= 0.6 is 23.2 Å². The van der Waals surface area contributed by atoms with Crippen molar-refractivity contribution in [3.8, 4) is 5.75 Å². The molecule has 1 atom stereocenters. The van der Waals surface area contributed by atoms with E-state index in [2.05, 4.69) is 41.3 Å². The van der Waals surface area contributed by atoms with Crippen LogP contribution < -0.4 is 10.1 Å². The van der Waals surface area contributed by atoms with Crippen LogP contribution in [0, 0.1) is 0 Å². The molecule has 0 unspecified atom stereocenters. The third-order valence-corrected chi connectivity index (χ3v) is 5.85. The lowest BCUT2D eigenvalue weighted by molar-refractivity contribution is 0.0937. The minimum atomic E-state index is -0.117. The highest BCUT2D eigenvalue weighted by atomic mass is 35.5. The van der Waals surface area contributed by atoms with Crippen LogP contribution in [0.3, 0.4) is 0 Å². The molecule has 1 N–H and O–H groups in total. The third-order valence-electron chi connectivity index (χ3n) is 5.11. The van der Waals surface area contributed by atoms with Gasteiger partial charge in [0.1, 0.15) is 5.75 Å². The monoisotopic (exact) mass is 449 g/mol. The van der Waals surface area contributed by atoms with E-state index in [-0.39, 0.29) is 11.9 Å². The van der Waals surface area contributed by atoms with Crippen LogP contribution in [0.25, 0.3) is 0 Å². The molecule has 0 saturated carbocycles. The van der Waals surface area contributed by atoms with Gasteiger partial charge in [0, 0.05) is 37.8 Å². The molecule has 1 saturated heterocycles. The van der Waals surface area contributed by atoms with Gasteiger partial charge in [-0.1, -0.05) is 35.3 Å². The van der Waals surface area contributed by atoms with Gasteiger partial charge in [0.2, 0.25) is 0 Å². The number of likely N-dealkylation sites (tertiary alicyclic amines) is 1. The van der Waals surface area contributed by atoms with E-state index in [1.165, 1.54) is 5.56 Å². The number of carbonyl (C=O) groups excluding carboxylic acids is 1. The van der Waals surface area contributed by atoms with Gasteiger partial charge in [-0.05, 0) is 62.8 Å². The van der Waals surface area contributed by atoms with E-state index >= 15 is 0 Å². The quantitative estimate of drug-likeness (QED) is 0.578. The molecular formula is C23H29Cl2N3O2. The smallest absolute Gasteiger partial charge is 0.251 e. The minimum Gasteiger partial charge on any atom is -0.494 e. The number of amides is 1. The van der Waals surface area contributed by atoms with Crippen molar-refractivity contribution in [1.82, 2.24) is 15.1 Å². The normalized spacial score (nSPS) is 16.8. The number of nitrogens with one attached hydrogen (secondary N) is 1. The van der Waals surface area contributed by atoms with Crippen molar-refractivity contribution in [1.29, 1.82) is 0 Å². The molecule has 0 aliphatic carbocycles. The molecule has 0 aromatic heterocycles.